The van der Waals surface area contributed by atoms with Crippen LogP contribution in [0.5, 0.6) is 0 Å². The summed E-state index contributed by atoms with van der Waals surface area (Å²) in [6.07, 6.45) is 5.70. The average molecular weight is 278 g/mol. The van der Waals surface area contributed by atoms with E-state index in [-0.39, 0.29) is 18.4 Å². The summed E-state index contributed by atoms with van der Waals surface area (Å²) in [6.45, 7) is 0. The van der Waals surface area contributed by atoms with Crippen LogP contribution in [0, 0.1) is 5.92 Å². The Labute approximate surface area is 98.8 Å². The summed E-state index contributed by atoms with van der Waals surface area (Å²) >= 11 is 3.35. The molecule has 1 atom stereocenters. The van der Waals surface area contributed by atoms with E-state index >= 15 is 0 Å². The van der Waals surface area contributed by atoms with E-state index in [1.165, 1.54) is 24.8 Å². The molecule has 1 saturated carbocycles. The molecule has 2 N–H and O–H groups in total. The Kier molecular flexibility index (Phi) is 4.35. The van der Waals surface area contributed by atoms with Gasteiger partial charge in [0.15, 0.2) is 0 Å². The number of nitrogens with two attached hydrogens (primary N) is 1. The lowest BCUT2D eigenvalue weighted by molar-refractivity contribution is 0.264. The molecule has 0 radical (unpaired) electrons. The van der Waals surface area contributed by atoms with Gasteiger partial charge in [-0.1, -0.05) is 6.42 Å². The molecule has 1 aliphatic rings. The van der Waals surface area contributed by atoms with E-state index in [0.717, 1.165) is 4.60 Å². The quantitative estimate of drug-likeness (QED) is 0.844. The second kappa shape index (κ2) is 5.10. The maximum Gasteiger partial charge on any atom is 0.106 e. The number of halogens is 2. The molecule has 2 rings (SSSR count). The zero-order valence-electron chi connectivity index (χ0n) is 7.82. The van der Waals surface area contributed by atoms with Crippen LogP contribution in [-0.4, -0.2) is 4.98 Å². The summed E-state index contributed by atoms with van der Waals surface area (Å²) in [5.41, 5.74) is 7.32. The lowest BCUT2D eigenvalue weighted by Gasteiger charge is -2.31. The van der Waals surface area contributed by atoms with Crippen LogP contribution in [0.1, 0.15) is 30.9 Å². The predicted octanol–water partition coefficient (Wildman–Crippen LogP) is 3.07. The number of aromatic nitrogens is 1. The first kappa shape index (κ1) is 12.0. The van der Waals surface area contributed by atoms with Gasteiger partial charge in [-0.3, -0.25) is 0 Å². The Morgan fingerprint density at radius 3 is 2.71 bits per heavy atom. The smallest absolute Gasteiger partial charge is 0.106 e. The van der Waals surface area contributed by atoms with Crippen LogP contribution in [0.25, 0.3) is 0 Å². The van der Waals surface area contributed by atoms with Crippen LogP contribution in [0.2, 0.25) is 0 Å². The average Bonchev–Trinajstić information content (AvgIpc) is 2.01. The first-order valence-electron chi connectivity index (χ1n) is 4.64. The monoisotopic (exact) mass is 276 g/mol. The molecule has 4 heteroatoms. The van der Waals surface area contributed by atoms with Crippen molar-refractivity contribution >= 4 is 28.3 Å². The van der Waals surface area contributed by atoms with Crippen LogP contribution < -0.4 is 5.73 Å². The summed E-state index contributed by atoms with van der Waals surface area (Å²) in [5, 5.41) is 0. The van der Waals surface area contributed by atoms with Crippen LogP contribution in [0.4, 0.5) is 0 Å². The minimum absolute atomic E-state index is 0. The molecule has 1 aromatic rings. The minimum atomic E-state index is 0. The number of rotatable bonds is 2. The van der Waals surface area contributed by atoms with Gasteiger partial charge in [0.2, 0.25) is 0 Å². The van der Waals surface area contributed by atoms with E-state index in [1.54, 1.807) is 6.20 Å². The fraction of sp³-hybridized carbons (Fsp3) is 0.500. The van der Waals surface area contributed by atoms with Crippen LogP contribution in [-0.2, 0) is 0 Å². The predicted molar refractivity (Wildman–Crippen MR) is 63.5 cm³/mol. The molecule has 0 unspecified atom stereocenters. The van der Waals surface area contributed by atoms with Crippen molar-refractivity contribution in [2.45, 2.75) is 25.3 Å². The molecule has 0 spiro atoms. The van der Waals surface area contributed by atoms with Crippen molar-refractivity contribution in [1.29, 1.82) is 0 Å². The van der Waals surface area contributed by atoms with Gasteiger partial charge < -0.3 is 5.73 Å². The molecule has 14 heavy (non-hydrogen) atoms. The topological polar surface area (TPSA) is 38.9 Å². The highest BCUT2D eigenvalue weighted by Gasteiger charge is 2.25. The second-order valence-electron chi connectivity index (χ2n) is 3.63. The fourth-order valence-corrected chi connectivity index (χ4v) is 2.08. The highest BCUT2D eigenvalue weighted by Crippen LogP contribution is 2.36. The lowest BCUT2D eigenvalue weighted by Crippen LogP contribution is -2.26. The van der Waals surface area contributed by atoms with Crippen molar-refractivity contribution in [1.82, 2.24) is 4.98 Å². The maximum atomic E-state index is 6.12. The summed E-state index contributed by atoms with van der Waals surface area (Å²) in [7, 11) is 0. The molecular weight excluding hydrogens is 263 g/mol. The number of hydrogen-bond donors (Lipinski definition) is 1. The van der Waals surface area contributed by atoms with Gasteiger partial charge in [-0.2, -0.15) is 0 Å². The van der Waals surface area contributed by atoms with E-state index in [2.05, 4.69) is 20.9 Å². The fourth-order valence-electron chi connectivity index (χ4n) is 1.70. The van der Waals surface area contributed by atoms with Gasteiger partial charge in [0.1, 0.15) is 4.60 Å². The molecule has 1 aromatic heterocycles. The molecule has 1 aliphatic carbocycles. The van der Waals surface area contributed by atoms with Gasteiger partial charge in [-0.15, -0.1) is 12.4 Å². The van der Waals surface area contributed by atoms with Crippen molar-refractivity contribution in [2.24, 2.45) is 11.7 Å². The Balaban J connectivity index is 0.000000980. The van der Waals surface area contributed by atoms with Crippen molar-refractivity contribution in [3.8, 4) is 0 Å². The van der Waals surface area contributed by atoms with Gasteiger partial charge >= 0.3 is 0 Å². The summed E-state index contributed by atoms with van der Waals surface area (Å²) in [4.78, 5) is 4.09. The first-order valence-corrected chi connectivity index (χ1v) is 5.43. The van der Waals surface area contributed by atoms with Crippen LogP contribution in [0.15, 0.2) is 22.9 Å². The van der Waals surface area contributed by atoms with Crippen LogP contribution >= 0.6 is 28.3 Å². The molecule has 0 bridgehead atoms. The van der Waals surface area contributed by atoms with E-state index in [0.29, 0.717) is 5.92 Å². The van der Waals surface area contributed by atoms with E-state index in [4.69, 9.17) is 5.73 Å². The van der Waals surface area contributed by atoms with Gasteiger partial charge in [0, 0.05) is 12.2 Å². The number of hydrogen-bond acceptors (Lipinski definition) is 2. The zero-order chi connectivity index (χ0) is 9.26. The van der Waals surface area contributed by atoms with E-state index in [9.17, 15) is 0 Å². The molecule has 0 aromatic carbocycles. The van der Waals surface area contributed by atoms with Crippen molar-refractivity contribution < 1.29 is 0 Å². The van der Waals surface area contributed by atoms with Crippen molar-refractivity contribution in [3.63, 3.8) is 0 Å². The molecule has 0 aliphatic heterocycles. The summed E-state index contributed by atoms with van der Waals surface area (Å²) in [5.74, 6) is 0.689. The molecule has 1 fully saturated rings. The third kappa shape index (κ3) is 2.47. The number of pyridine rings is 1. The zero-order valence-corrected chi connectivity index (χ0v) is 10.2. The second-order valence-corrected chi connectivity index (χ2v) is 4.44. The standard InChI is InChI=1S/C10H13BrN2.ClH/c11-9-6-8(4-5-13-9)10(12)7-2-1-3-7;/h4-7,10H,1-3,12H2;1H/t10-;/m0./s1. The highest BCUT2D eigenvalue weighted by molar-refractivity contribution is 9.10. The van der Waals surface area contributed by atoms with Gasteiger partial charge in [0.25, 0.3) is 0 Å². The summed E-state index contributed by atoms with van der Waals surface area (Å²) in [6, 6.07) is 4.23. The largest absolute Gasteiger partial charge is 0.324 e. The molecule has 78 valence electrons. The lowest BCUT2D eigenvalue weighted by atomic mass is 9.78. The number of nitrogens with zero attached hydrogens (tertiary/aromatic N) is 1. The van der Waals surface area contributed by atoms with Gasteiger partial charge in [-0.25, -0.2) is 4.98 Å². The normalized spacial score (nSPS) is 18.1. The third-order valence-electron chi connectivity index (χ3n) is 2.79. The Morgan fingerprint density at radius 1 is 1.50 bits per heavy atom. The van der Waals surface area contributed by atoms with Crippen molar-refractivity contribution in [3.05, 3.63) is 28.5 Å². The Bertz CT molecular complexity index is 302. The van der Waals surface area contributed by atoms with E-state index < -0.39 is 0 Å². The van der Waals surface area contributed by atoms with Crippen LogP contribution in [0.3, 0.4) is 0 Å². The Hall–Kier alpha value is -0.120. The highest BCUT2D eigenvalue weighted by atomic mass is 79.9. The minimum Gasteiger partial charge on any atom is -0.324 e. The maximum absolute atomic E-state index is 6.12. The molecule has 0 saturated heterocycles. The molecule has 2 nitrogen and oxygen atoms in total. The summed E-state index contributed by atoms with van der Waals surface area (Å²) < 4.78 is 0.875. The van der Waals surface area contributed by atoms with E-state index in [1.807, 2.05) is 12.1 Å². The third-order valence-corrected chi connectivity index (χ3v) is 3.23. The molecule has 1 heterocycles. The Morgan fingerprint density at radius 2 is 2.21 bits per heavy atom. The van der Waals surface area contributed by atoms with Crippen molar-refractivity contribution in [2.75, 3.05) is 0 Å². The first-order chi connectivity index (χ1) is 6.27. The van der Waals surface area contributed by atoms with Gasteiger partial charge in [0.05, 0.1) is 0 Å². The molecular formula is C10H14BrClN2. The van der Waals surface area contributed by atoms with Gasteiger partial charge in [-0.05, 0) is 52.4 Å². The SMILES string of the molecule is Cl.N[C@H](c1ccnc(Br)c1)C1CCC1. The molecule has 0 amide bonds.